The lowest BCUT2D eigenvalue weighted by Gasteiger charge is -2.09. The fourth-order valence-corrected chi connectivity index (χ4v) is 3.15. The minimum Gasteiger partial charge on any atom is -0.324 e. The zero-order valence-electron chi connectivity index (χ0n) is 12.0. The summed E-state index contributed by atoms with van der Waals surface area (Å²) < 4.78 is 12.1. The van der Waals surface area contributed by atoms with Gasteiger partial charge < -0.3 is 9.79 Å². The van der Waals surface area contributed by atoms with Crippen LogP contribution in [-0.2, 0) is 11.1 Å². The number of nitrogens with zero attached hydrogens (tertiary/aromatic N) is 1. The maximum absolute atomic E-state index is 11.9. The standard InChI is InChI=1S/C14H15N2O5PS/c17-12-10-13(23-11-6-2-1-3-7-11)16(14(18)15-12)8-4-5-9-22(19,20)21/h1-7,10H,8-9H2,(H,15,17,18)(H2,19,20,21)/b5-4-. The summed E-state index contributed by atoms with van der Waals surface area (Å²) in [5.74, 6) is 0. The summed E-state index contributed by atoms with van der Waals surface area (Å²) in [6.07, 6.45) is 2.40. The lowest BCUT2D eigenvalue weighted by atomic mass is 10.4. The van der Waals surface area contributed by atoms with Crippen molar-refractivity contribution in [3.05, 3.63) is 69.4 Å². The third-order valence-corrected chi connectivity index (χ3v) is 4.50. The van der Waals surface area contributed by atoms with Crippen LogP contribution in [0.25, 0.3) is 0 Å². The van der Waals surface area contributed by atoms with Gasteiger partial charge in [0, 0.05) is 17.5 Å². The quantitative estimate of drug-likeness (QED) is 0.411. The van der Waals surface area contributed by atoms with Crippen LogP contribution in [0.4, 0.5) is 0 Å². The van der Waals surface area contributed by atoms with Crippen molar-refractivity contribution in [1.29, 1.82) is 0 Å². The van der Waals surface area contributed by atoms with Crippen molar-refractivity contribution in [3.8, 4) is 0 Å². The van der Waals surface area contributed by atoms with Crippen molar-refractivity contribution in [3.63, 3.8) is 0 Å². The van der Waals surface area contributed by atoms with Gasteiger partial charge in [0.1, 0.15) is 0 Å². The van der Waals surface area contributed by atoms with Crippen molar-refractivity contribution < 1.29 is 14.4 Å². The van der Waals surface area contributed by atoms with Crippen LogP contribution in [0, 0.1) is 0 Å². The van der Waals surface area contributed by atoms with Gasteiger partial charge in [0.25, 0.3) is 5.56 Å². The molecule has 1 aromatic heterocycles. The Hall–Kier alpha value is -1.86. The Bertz CT molecular complexity index is 853. The van der Waals surface area contributed by atoms with E-state index in [1.807, 2.05) is 30.3 Å². The number of benzene rings is 1. The predicted molar refractivity (Wildman–Crippen MR) is 87.9 cm³/mol. The molecule has 9 heteroatoms. The van der Waals surface area contributed by atoms with Crippen LogP contribution < -0.4 is 11.2 Å². The summed E-state index contributed by atoms with van der Waals surface area (Å²) in [4.78, 5) is 44.1. The highest BCUT2D eigenvalue weighted by atomic mass is 32.2. The fraction of sp³-hybridized carbons (Fsp3) is 0.143. The lowest BCUT2D eigenvalue weighted by Crippen LogP contribution is -2.30. The van der Waals surface area contributed by atoms with Gasteiger partial charge in [-0.15, -0.1) is 0 Å². The Morgan fingerprint density at radius 1 is 1.17 bits per heavy atom. The molecule has 0 saturated carbocycles. The second-order valence-electron chi connectivity index (χ2n) is 4.62. The molecule has 0 aliphatic rings. The Morgan fingerprint density at radius 2 is 1.87 bits per heavy atom. The highest BCUT2D eigenvalue weighted by Gasteiger charge is 2.09. The van der Waals surface area contributed by atoms with Gasteiger partial charge in [0.2, 0.25) is 0 Å². The fourth-order valence-electron chi connectivity index (χ4n) is 1.76. The monoisotopic (exact) mass is 354 g/mol. The number of rotatable bonds is 6. The highest BCUT2D eigenvalue weighted by molar-refractivity contribution is 7.99. The van der Waals surface area contributed by atoms with Gasteiger partial charge in [0.05, 0.1) is 11.2 Å². The normalized spacial score (nSPS) is 11.9. The Labute approximate surface area is 135 Å². The third kappa shape index (κ3) is 5.69. The molecule has 7 nitrogen and oxygen atoms in total. The molecule has 0 unspecified atom stereocenters. The number of allylic oxidation sites excluding steroid dienone is 2. The molecule has 2 rings (SSSR count). The molecular formula is C14H15N2O5PS. The average Bonchev–Trinajstić information content (AvgIpc) is 2.45. The van der Waals surface area contributed by atoms with Crippen LogP contribution in [0.3, 0.4) is 0 Å². The Morgan fingerprint density at radius 3 is 2.52 bits per heavy atom. The van der Waals surface area contributed by atoms with E-state index in [9.17, 15) is 14.2 Å². The molecule has 0 bridgehead atoms. The van der Waals surface area contributed by atoms with Crippen LogP contribution in [0.1, 0.15) is 0 Å². The molecule has 0 spiro atoms. The maximum Gasteiger partial charge on any atom is 0.329 e. The SMILES string of the molecule is O=c1cc(Sc2ccccc2)n(C/C=C\CP(=O)(O)O)c(=O)[nH]1. The van der Waals surface area contributed by atoms with Gasteiger partial charge in [-0.25, -0.2) is 4.79 Å². The zero-order chi connectivity index (χ0) is 16.9. The minimum atomic E-state index is -4.11. The molecule has 0 amide bonds. The van der Waals surface area contributed by atoms with Gasteiger partial charge in [-0.05, 0) is 12.1 Å². The molecule has 0 aliphatic heterocycles. The first kappa shape index (κ1) is 17.5. The molecule has 0 aliphatic carbocycles. The van der Waals surface area contributed by atoms with Crippen molar-refractivity contribution in [2.75, 3.05) is 6.16 Å². The van der Waals surface area contributed by atoms with Crippen molar-refractivity contribution in [2.45, 2.75) is 16.5 Å². The molecule has 3 N–H and O–H groups in total. The minimum absolute atomic E-state index is 0.102. The van der Waals surface area contributed by atoms with E-state index in [0.29, 0.717) is 5.03 Å². The Balaban J connectivity index is 2.26. The summed E-state index contributed by atoms with van der Waals surface area (Å²) in [6, 6.07) is 10.6. The molecule has 1 aromatic carbocycles. The Kier molecular flexibility index (Phi) is 5.79. The molecule has 0 saturated heterocycles. The molecule has 0 atom stereocenters. The van der Waals surface area contributed by atoms with Gasteiger partial charge in [-0.1, -0.05) is 42.1 Å². The number of H-pyrrole nitrogens is 1. The van der Waals surface area contributed by atoms with E-state index in [4.69, 9.17) is 9.79 Å². The van der Waals surface area contributed by atoms with Gasteiger partial charge in [-0.3, -0.25) is 18.9 Å². The van der Waals surface area contributed by atoms with Crippen molar-refractivity contribution in [1.82, 2.24) is 9.55 Å². The highest BCUT2D eigenvalue weighted by Crippen LogP contribution is 2.33. The average molecular weight is 354 g/mol. The smallest absolute Gasteiger partial charge is 0.324 e. The van der Waals surface area contributed by atoms with Gasteiger partial charge >= 0.3 is 13.3 Å². The predicted octanol–water partition coefficient (Wildman–Crippen LogP) is 1.42. The molecule has 1 heterocycles. The number of aromatic nitrogens is 2. The van der Waals surface area contributed by atoms with E-state index >= 15 is 0 Å². The third-order valence-electron chi connectivity index (χ3n) is 2.76. The van der Waals surface area contributed by atoms with Crippen LogP contribution in [0.2, 0.25) is 0 Å². The van der Waals surface area contributed by atoms with Crippen LogP contribution >= 0.6 is 19.4 Å². The molecule has 122 valence electrons. The largest absolute Gasteiger partial charge is 0.329 e. The van der Waals surface area contributed by atoms with E-state index in [1.54, 1.807) is 0 Å². The maximum atomic E-state index is 11.9. The zero-order valence-corrected chi connectivity index (χ0v) is 13.7. The number of hydrogen-bond donors (Lipinski definition) is 3. The lowest BCUT2D eigenvalue weighted by molar-refractivity contribution is 0.377. The molecule has 0 radical (unpaired) electrons. The second kappa shape index (κ2) is 7.61. The van der Waals surface area contributed by atoms with Crippen molar-refractivity contribution in [2.24, 2.45) is 0 Å². The summed E-state index contributed by atoms with van der Waals surface area (Å²) in [5, 5.41) is 0.450. The van der Waals surface area contributed by atoms with Crippen LogP contribution in [-0.4, -0.2) is 25.5 Å². The summed E-state index contributed by atoms with van der Waals surface area (Å²) in [5.41, 5.74) is -1.07. The van der Waals surface area contributed by atoms with Crippen LogP contribution in [0.5, 0.6) is 0 Å². The first-order valence-electron chi connectivity index (χ1n) is 6.62. The first-order chi connectivity index (χ1) is 10.8. The molecular weight excluding hydrogens is 339 g/mol. The first-order valence-corrected chi connectivity index (χ1v) is 9.23. The van der Waals surface area contributed by atoms with Crippen molar-refractivity contribution >= 4 is 19.4 Å². The van der Waals surface area contributed by atoms with Crippen LogP contribution in [0.15, 0.2) is 68.1 Å². The van der Waals surface area contributed by atoms with E-state index in [1.165, 1.54) is 34.5 Å². The van der Waals surface area contributed by atoms with E-state index in [-0.39, 0.29) is 6.54 Å². The number of nitrogens with one attached hydrogen (secondary N) is 1. The van der Waals surface area contributed by atoms with E-state index < -0.39 is 25.0 Å². The molecule has 23 heavy (non-hydrogen) atoms. The van der Waals surface area contributed by atoms with E-state index in [0.717, 1.165) is 4.90 Å². The summed E-state index contributed by atoms with van der Waals surface area (Å²) >= 11 is 1.26. The van der Waals surface area contributed by atoms with Gasteiger partial charge in [0.15, 0.2) is 0 Å². The van der Waals surface area contributed by atoms with E-state index in [2.05, 4.69) is 4.98 Å². The molecule has 0 fully saturated rings. The molecule has 2 aromatic rings. The summed E-state index contributed by atoms with van der Waals surface area (Å²) in [6.45, 7) is 0.102. The second-order valence-corrected chi connectivity index (χ2v) is 7.41. The number of hydrogen-bond acceptors (Lipinski definition) is 4. The van der Waals surface area contributed by atoms with Gasteiger partial charge in [-0.2, -0.15) is 0 Å². The topological polar surface area (TPSA) is 112 Å². The summed E-state index contributed by atoms with van der Waals surface area (Å²) in [7, 11) is -4.11. The number of aromatic amines is 1.